The minimum absolute atomic E-state index is 0.0673. The van der Waals surface area contributed by atoms with Gasteiger partial charge in [-0.25, -0.2) is 19.7 Å². The van der Waals surface area contributed by atoms with Crippen molar-refractivity contribution in [2.75, 3.05) is 36.1 Å². The second-order valence-corrected chi connectivity index (χ2v) is 8.61. The van der Waals surface area contributed by atoms with Crippen LogP contribution in [0, 0.1) is 0 Å². The van der Waals surface area contributed by atoms with Crippen molar-refractivity contribution in [2.45, 2.75) is 24.7 Å². The number of aliphatic hydroxyl groups is 2. The smallest absolute Gasteiger partial charge is 0.416 e. The van der Waals surface area contributed by atoms with Crippen LogP contribution in [0.4, 0.5) is 29.5 Å². The highest BCUT2D eigenvalue weighted by Crippen LogP contribution is 2.44. The normalized spacial score (nSPS) is 17.5. The van der Waals surface area contributed by atoms with Crippen LogP contribution in [0.15, 0.2) is 36.5 Å². The summed E-state index contributed by atoms with van der Waals surface area (Å²) in [4.78, 5) is 33.4. The number of hydrogen-bond donors (Lipinski definition) is 3. The zero-order valence-electron chi connectivity index (χ0n) is 19.3. The van der Waals surface area contributed by atoms with E-state index in [-0.39, 0.29) is 47.3 Å². The van der Waals surface area contributed by atoms with E-state index in [1.807, 2.05) is 4.90 Å². The van der Waals surface area contributed by atoms with Gasteiger partial charge < -0.3 is 25.6 Å². The number of urea groups is 1. The fourth-order valence-electron chi connectivity index (χ4n) is 4.41. The van der Waals surface area contributed by atoms with Crippen LogP contribution in [0.1, 0.15) is 12.0 Å². The van der Waals surface area contributed by atoms with Crippen molar-refractivity contribution < 1.29 is 32.9 Å². The van der Waals surface area contributed by atoms with Gasteiger partial charge in [0.25, 0.3) is 0 Å². The molecule has 1 unspecified atom stereocenters. The highest BCUT2D eigenvalue weighted by molar-refractivity contribution is 5.99. The average Bonchev–Trinajstić information content (AvgIpc) is 3.29. The SMILES string of the molecule is NC(=O)N1c2nc(-c3cccc(C(F)(F)F)c3)nc(-c3nccc(OC[C@@H](O)CO)n3)c2N2CCC1C2. The van der Waals surface area contributed by atoms with E-state index in [9.17, 15) is 23.1 Å². The third-order valence-corrected chi connectivity index (χ3v) is 6.10. The molecule has 37 heavy (non-hydrogen) atoms. The first-order chi connectivity index (χ1) is 17.7. The lowest BCUT2D eigenvalue weighted by Gasteiger charge is -2.35. The van der Waals surface area contributed by atoms with Crippen LogP contribution in [0.5, 0.6) is 5.88 Å². The van der Waals surface area contributed by atoms with Gasteiger partial charge in [-0.3, -0.25) is 4.90 Å². The molecular formula is C23H22F3N7O4. The third kappa shape index (κ3) is 4.72. The van der Waals surface area contributed by atoms with E-state index in [0.717, 1.165) is 12.1 Å². The minimum Gasteiger partial charge on any atom is -0.475 e. The van der Waals surface area contributed by atoms with E-state index in [1.165, 1.54) is 29.3 Å². The van der Waals surface area contributed by atoms with Gasteiger partial charge in [0.1, 0.15) is 24.1 Å². The summed E-state index contributed by atoms with van der Waals surface area (Å²) in [5, 5.41) is 18.6. The van der Waals surface area contributed by atoms with Gasteiger partial charge in [-0.15, -0.1) is 0 Å². The molecule has 1 fully saturated rings. The van der Waals surface area contributed by atoms with Crippen LogP contribution in [0.25, 0.3) is 22.9 Å². The third-order valence-electron chi connectivity index (χ3n) is 6.10. The molecule has 0 aliphatic carbocycles. The van der Waals surface area contributed by atoms with Crippen molar-refractivity contribution in [2.24, 2.45) is 5.73 Å². The van der Waals surface area contributed by atoms with E-state index in [1.54, 1.807) is 0 Å². The second kappa shape index (κ2) is 9.44. The molecule has 14 heteroatoms. The lowest BCUT2D eigenvalue weighted by molar-refractivity contribution is -0.137. The predicted octanol–water partition coefficient (Wildman–Crippen LogP) is 1.83. The van der Waals surface area contributed by atoms with E-state index in [2.05, 4.69) is 19.9 Å². The molecule has 2 bridgehead atoms. The summed E-state index contributed by atoms with van der Waals surface area (Å²) < 4.78 is 45.6. The van der Waals surface area contributed by atoms with Gasteiger partial charge in [-0.1, -0.05) is 12.1 Å². The number of nitrogens with zero attached hydrogens (tertiary/aromatic N) is 6. The maximum Gasteiger partial charge on any atom is 0.416 e. The molecule has 0 radical (unpaired) electrons. The fraction of sp³-hybridized carbons (Fsp3) is 0.348. The molecule has 2 aromatic heterocycles. The molecular weight excluding hydrogens is 495 g/mol. The number of halogens is 3. The Hall–Kier alpha value is -4.04. The zero-order chi connectivity index (χ0) is 26.3. The zero-order valence-corrected chi connectivity index (χ0v) is 19.3. The Morgan fingerprint density at radius 3 is 2.76 bits per heavy atom. The maximum absolute atomic E-state index is 13.4. The summed E-state index contributed by atoms with van der Waals surface area (Å²) in [6.07, 6.45) is -3.70. The van der Waals surface area contributed by atoms with Crippen LogP contribution >= 0.6 is 0 Å². The number of rotatable bonds is 6. The maximum atomic E-state index is 13.4. The molecule has 4 N–H and O–H groups in total. The van der Waals surface area contributed by atoms with Crippen LogP contribution in [0.2, 0.25) is 0 Å². The summed E-state index contributed by atoms with van der Waals surface area (Å²) in [6.45, 7) is 0.304. The molecule has 2 atom stereocenters. The van der Waals surface area contributed by atoms with Gasteiger partial charge in [-0.2, -0.15) is 18.2 Å². The highest BCUT2D eigenvalue weighted by Gasteiger charge is 2.42. The standard InChI is InChI=1S/C23H22F3N7O4/c24-23(25,26)13-3-1-2-12(8-13)19-30-17(20-28-6-4-16(29-20)37-11-15(35)10-34)18-21(31-19)33(22(27)36)14-5-7-32(18)9-14/h1-4,6,8,14-15,34-35H,5,7,9-11H2,(H2,27,36)/t14?,15-/m0/s1. The molecule has 2 aliphatic heterocycles. The number of aliphatic hydroxyl groups excluding tert-OH is 2. The lowest BCUT2D eigenvalue weighted by Crippen LogP contribution is -2.49. The van der Waals surface area contributed by atoms with E-state index in [0.29, 0.717) is 25.2 Å². The number of fused-ring (bicyclic) bond motifs is 4. The number of aromatic nitrogens is 4. The topological polar surface area (TPSA) is 151 Å². The number of ether oxygens (including phenoxy) is 1. The Morgan fingerprint density at radius 1 is 1.22 bits per heavy atom. The molecule has 0 spiro atoms. The Kier molecular flexibility index (Phi) is 6.29. The van der Waals surface area contributed by atoms with Crippen molar-refractivity contribution in [3.05, 3.63) is 42.1 Å². The van der Waals surface area contributed by atoms with E-state index < -0.39 is 30.5 Å². The summed E-state index contributed by atoms with van der Waals surface area (Å²) in [5.74, 6) is 0.230. The Balaban J connectivity index is 1.68. The molecule has 11 nitrogen and oxygen atoms in total. The van der Waals surface area contributed by atoms with Gasteiger partial charge in [0.05, 0.1) is 18.2 Å². The largest absolute Gasteiger partial charge is 0.475 e. The van der Waals surface area contributed by atoms with Crippen molar-refractivity contribution >= 4 is 17.5 Å². The summed E-state index contributed by atoms with van der Waals surface area (Å²) in [6, 6.07) is 4.99. The quantitative estimate of drug-likeness (QED) is 0.445. The van der Waals surface area contributed by atoms with Gasteiger partial charge in [0.15, 0.2) is 17.5 Å². The molecule has 0 saturated carbocycles. The molecule has 194 valence electrons. The first kappa shape index (κ1) is 24.6. The van der Waals surface area contributed by atoms with Gasteiger partial charge in [0, 0.05) is 30.9 Å². The average molecular weight is 517 g/mol. The van der Waals surface area contributed by atoms with Crippen LogP contribution in [-0.2, 0) is 6.18 Å². The van der Waals surface area contributed by atoms with Crippen molar-refractivity contribution in [1.82, 2.24) is 19.9 Å². The van der Waals surface area contributed by atoms with E-state index >= 15 is 0 Å². The lowest BCUT2D eigenvalue weighted by atomic mass is 10.1. The number of benzene rings is 1. The summed E-state index contributed by atoms with van der Waals surface area (Å²) >= 11 is 0. The molecule has 4 heterocycles. The Labute approximate surface area is 208 Å². The fourth-order valence-corrected chi connectivity index (χ4v) is 4.41. The number of carbonyl (C=O) groups excluding carboxylic acids is 1. The predicted molar refractivity (Wildman–Crippen MR) is 125 cm³/mol. The minimum atomic E-state index is -4.58. The van der Waals surface area contributed by atoms with Gasteiger partial charge >= 0.3 is 12.2 Å². The molecule has 2 amide bonds. The Morgan fingerprint density at radius 2 is 2.03 bits per heavy atom. The van der Waals surface area contributed by atoms with Gasteiger partial charge in [-0.05, 0) is 18.6 Å². The van der Waals surface area contributed by atoms with Crippen LogP contribution < -0.4 is 20.3 Å². The number of hydrogen-bond acceptors (Lipinski definition) is 9. The second-order valence-electron chi connectivity index (χ2n) is 8.61. The van der Waals surface area contributed by atoms with E-state index in [4.69, 9.17) is 15.6 Å². The Bertz CT molecular complexity index is 1340. The van der Waals surface area contributed by atoms with Crippen molar-refractivity contribution in [3.63, 3.8) is 0 Å². The number of nitrogens with two attached hydrogens (primary N) is 1. The highest BCUT2D eigenvalue weighted by atomic mass is 19.4. The summed E-state index contributed by atoms with van der Waals surface area (Å²) in [5.41, 5.74) is 5.50. The number of amides is 2. The first-order valence-corrected chi connectivity index (χ1v) is 11.3. The number of carbonyl (C=O) groups is 1. The number of primary amides is 1. The van der Waals surface area contributed by atoms with Crippen molar-refractivity contribution in [3.8, 4) is 28.8 Å². The molecule has 1 aromatic carbocycles. The summed E-state index contributed by atoms with van der Waals surface area (Å²) in [7, 11) is 0. The molecule has 3 aromatic rings. The molecule has 5 rings (SSSR count). The molecule has 1 saturated heterocycles. The number of anilines is 2. The molecule has 2 aliphatic rings. The van der Waals surface area contributed by atoms with Gasteiger partial charge in [0.2, 0.25) is 5.88 Å². The monoisotopic (exact) mass is 517 g/mol. The first-order valence-electron chi connectivity index (χ1n) is 11.3. The van der Waals surface area contributed by atoms with Crippen LogP contribution in [-0.4, -0.2) is 74.6 Å². The number of alkyl halides is 3. The van der Waals surface area contributed by atoms with Crippen molar-refractivity contribution in [1.29, 1.82) is 0 Å². The van der Waals surface area contributed by atoms with Crippen LogP contribution in [0.3, 0.4) is 0 Å².